The highest BCUT2D eigenvalue weighted by Gasteiger charge is 2.10. The van der Waals surface area contributed by atoms with Crippen LogP contribution in [0.5, 0.6) is 0 Å². The molecule has 0 saturated heterocycles. The van der Waals surface area contributed by atoms with Crippen LogP contribution in [0.15, 0.2) is 53.5 Å². The molecular formula is C13H10ClN3O. The lowest BCUT2D eigenvalue weighted by Gasteiger charge is -2.10. The average molecular weight is 260 g/mol. The SMILES string of the molecule is O=c1n(-c2ccccc2)c(CCl)nc2cccn12. The van der Waals surface area contributed by atoms with Crippen molar-refractivity contribution in [2.75, 3.05) is 0 Å². The van der Waals surface area contributed by atoms with Gasteiger partial charge >= 0.3 is 5.69 Å². The van der Waals surface area contributed by atoms with E-state index >= 15 is 0 Å². The molecular weight excluding hydrogens is 250 g/mol. The molecule has 90 valence electrons. The zero-order valence-electron chi connectivity index (χ0n) is 9.45. The molecule has 2 aromatic heterocycles. The van der Waals surface area contributed by atoms with Crippen molar-refractivity contribution in [3.63, 3.8) is 0 Å². The van der Waals surface area contributed by atoms with Gasteiger partial charge in [0, 0.05) is 6.20 Å². The monoisotopic (exact) mass is 259 g/mol. The average Bonchev–Trinajstić information content (AvgIpc) is 2.88. The number of halogens is 1. The van der Waals surface area contributed by atoms with Crippen LogP contribution in [0.3, 0.4) is 0 Å². The number of hydrogen-bond donors (Lipinski definition) is 0. The van der Waals surface area contributed by atoms with Crippen LogP contribution >= 0.6 is 11.6 Å². The second kappa shape index (κ2) is 4.31. The third-order valence-electron chi connectivity index (χ3n) is 2.76. The van der Waals surface area contributed by atoms with Crippen LogP contribution in [0.2, 0.25) is 0 Å². The first-order valence-corrected chi connectivity index (χ1v) is 6.05. The number of hydrogen-bond acceptors (Lipinski definition) is 2. The summed E-state index contributed by atoms with van der Waals surface area (Å²) in [6, 6.07) is 12.9. The van der Waals surface area contributed by atoms with Crippen LogP contribution in [0, 0.1) is 0 Å². The van der Waals surface area contributed by atoms with Gasteiger partial charge in [0.25, 0.3) is 0 Å². The van der Waals surface area contributed by atoms with E-state index in [1.54, 1.807) is 18.3 Å². The Kier molecular flexibility index (Phi) is 2.64. The van der Waals surface area contributed by atoms with Crippen molar-refractivity contribution in [3.05, 3.63) is 65.0 Å². The molecule has 18 heavy (non-hydrogen) atoms. The molecule has 3 aromatic rings. The van der Waals surface area contributed by atoms with Crippen molar-refractivity contribution in [2.24, 2.45) is 0 Å². The molecule has 2 heterocycles. The molecule has 0 aliphatic rings. The number of aromatic nitrogens is 3. The highest BCUT2D eigenvalue weighted by atomic mass is 35.5. The van der Waals surface area contributed by atoms with E-state index in [-0.39, 0.29) is 11.6 Å². The first-order valence-electron chi connectivity index (χ1n) is 5.51. The number of alkyl halides is 1. The van der Waals surface area contributed by atoms with Crippen molar-refractivity contribution in [2.45, 2.75) is 5.88 Å². The molecule has 0 aliphatic heterocycles. The lowest BCUT2D eigenvalue weighted by atomic mass is 10.3. The van der Waals surface area contributed by atoms with Gasteiger partial charge in [-0.25, -0.2) is 14.3 Å². The normalized spacial score (nSPS) is 10.9. The van der Waals surface area contributed by atoms with Crippen LogP contribution in [0.1, 0.15) is 5.82 Å². The molecule has 0 bridgehead atoms. The van der Waals surface area contributed by atoms with Gasteiger partial charge in [0.2, 0.25) is 0 Å². The molecule has 0 fully saturated rings. The minimum Gasteiger partial charge on any atom is -0.253 e. The number of fused-ring (bicyclic) bond motifs is 1. The maximum atomic E-state index is 12.4. The summed E-state index contributed by atoms with van der Waals surface area (Å²) in [7, 11) is 0. The highest BCUT2D eigenvalue weighted by Crippen LogP contribution is 2.10. The quantitative estimate of drug-likeness (QED) is 0.662. The zero-order valence-corrected chi connectivity index (χ0v) is 10.2. The van der Waals surface area contributed by atoms with Crippen LogP contribution in [-0.4, -0.2) is 14.0 Å². The first-order chi connectivity index (χ1) is 8.81. The van der Waals surface area contributed by atoms with Crippen molar-refractivity contribution in [3.8, 4) is 5.69 Å². The van der Waals surface area contributed by atoms with Crippen molar-refractivity contribution < 1.29 is 0 Å². The number of rotatable bonds is 2. The third-order valence-corrected chi connectivity index (χ3v) is 3.00. The van der Waals surface area contributed by atoms with Crippen LogP contribution in [0.25, 0.3) is 11.3 Å². The van der Waals surface area contributed by atoms with Crippen molar-refractivity contribution in [1.82, 2.24) is 14.0 Å². The number of benzene rings is 1. The molecule has 0 N–H and O–H groups in total. The largest absolute Gasteiger partial charge is 0.339 e. The zero-order chi connectivity index (χ0) is 12.5. The second-order valence-corrected chi connectivity index (χ2v) is 4.12. The first kappa shape index (κ1) is 11.0. The summed E-state index contributed by atoms with van der Waals surface area (Å²) in [6.07, 6.45) is 1.70. The summed E-state index contributed by atoms with van der Waals surface area (Å²) in [5, 5.41) is 0. The fourth-order valence-corrected chi connectivity index (χ4v) is 2.13. The molecule has 0 radical (unpaired) electrons. The van der Waals surface area contributed by atoms with Gasteiger partial charge in [-0.1, -0.05) is 18.2 Å². The molecule has 0 spiro atoms. The predicted molar refractivity (Wildman–Crippen MR) is 70.3 cm³/mol. The minimum absolute atomic E-state index is 0.160. The fourth-order valence-electron chi connectivity index (χ4n) is 1.95. The maximum absolute atomic E-state index is 12.4. The highest BCUT2D eigenvalue weighted by molar-refractivity contribution is 6.16. The second-order valence-electron chi connectivity index (χ2n) is 3.85. The molecule has 5 heteroatoms. The lowest BCUT2D eigenvalue weighted by molar-refractivity contribution is 0.791. The Labute approximate surface area is 108 Å². The summed E-state index contributed by atoms with van der Waals surface area (Å²) in [4.78, 5) is 16.8. The van der Waals surface area contributed by atoms with E-state index in [1.807, 2.05) is 30.3 Å². The fraction of sp³-hybridized carbons (Fsp3) is 0.0769. The van der Waals surface area contributed by atoms with Crippen LogP contribution in [-0.2, 0) is 5.88 Å². The minimum atomic E-state index is -0.160. The third kappa shape index (κ3) is 1.62. The molecule has 1 aromatic carbocycles. The lowest BCUT2D eigenvalue weighted by Crippen LogP contribution is -2.28. The summed E-state index contributed by atoms with van der Waals surface area (Å²) in [5.41, 5.74) is 1.22. The standard InChI is InChI=1S/C13H10ClN3O/c14-9-12-15-11-7-4-8-16(11)13(18)17(12)10-5-2-1-3-6-10/h1-8H,9H2. The van der Waals surface area contributed by atoms with Gasteiger partial charge in [-0.05, 0) is 24.3 Å². The Hall–Kier alpha value is -2.07. The van der Waals surface area contributed by atoms with Crippen LogP contribution in [0.4, 0.5) is 0 Å². The number of para-hydroxylation sites is 1. The molecule has 4 nitrogen and oxygen atoms in total. The van der Waals surface area contributed by atoms with E-state index in [0.717, 1.165) is 5.69 Å². The molecule has 0 amide bonds. The van der Waals surface area contributed by atoms with Crippen LogP contribution < -0.4 is 5.69 Å². The topological polar surface area (TPSA) is 39.3 Å². The smallest absolute Gasteiger partial charge is 0.253 e. The van der Waals surface area contributed by atoms with E-state index in [9.17, 15) is 4.79 Å². The van der Waals surface area contributed by atoms with Gasteiger partial charge in [-0.2, -0.15) is 0 Å². The molecule has 0 saturated carbocycles. The van der Waals surface area contributed by atoms with E-state index in [1.165, 1.54) is 8.97 Å². The van der Waals surface area contributed by atoms with E-state index < -0.39 is 0 Å². The van der Waals surface area contributed by atoms with Gasteiger partial charge in [0.1, 0.15) is 11.5 Å². The maximum Gasteiger partial charge on any atom is 0.339 e. The molecule has 0 unspecified atom stereocenters. The van der Waals surface area contributed by atoms with E-state index in [2.05, 4.69) is 4.98 Å². The van der Waals surface area contributed by atoms with E-state index in [0.29, 0.717) is 11.5 Å². The summed E-state index contributed by atoms with van der Waals surface area (Å²) < 4.78 is 3.03. The van der Waals surface area contributed by atoms with Gasteiger partial charge in [-0.15, -0.1) is 11.6 Å². The van der Waals surface area contributed by atoms with Crippen molar-refractivity contribution in [1.29, 1.82) is 0 Å². The predicted octanol–water partition coefficient (Wildman–Crippen LogP) is 2.22. The van der Waals surface area contributed by atoms with Gasteiger partial charge in [0.05, 0.1) is 11.6 Å². The Bertz CT molecular complexity index is 746. The molecule has 0 aliphatic carbocycles. The molecule has 3 rings (SSSR count). The summed E-state index contributed by atoms with van der Waals surface area (Å²) >= 11 is 5.89. The Balaban J connectivity index is 2.40. The Morgan fingerprint density at radius 3 is 2.61 bits per heavy atom. The summed E-state index contributed by atoms with van der Waals surface area (Å²) in [5.74, 6) is 0.727. The van der Waals surface area contributed by atoms with Crippen molar-refractivity contribution >= 4 is 17.2 Å². The Morgan fingerprint density at radius 1 is 1.11 bits per heavy atom. The molecule has 0 atom stereocenters. The van der Waals surface area contributed by atoms with E-state index in [4.69, 9.17) is 11.6 Å². The van der Waals surface area contributed by atoms with Gasteiger partial charge < -0.3 is 0 Å². The van der Waals surface area contributed by atoms with Gasteiger partial charge in [-0.3, -0.25) is 4.40 Å². The van der Waals surface area contributed by atoms with Gasteiger partial charge in [0.15, 0.2) is 0 Å². The summed E-state index contributed by atoms with van der Waals surface area (Å²) in [6.45, 7) is 0. The number of nitrogens with zero attached hydrogens (tertiary/aromatic N) is 3. The Morgan fingerprint density at radius 2 is 1.89 bits per heavy atom.